The average Bonchev–Trinajstić information content (AvgIpc) is 3.03. The SMILES string of the molecule is CCC(Sc1nc2c(cnn2-c2cccc(C)c2)c(=O)[nH]1)C(=O)OC. The smallest absolute Gasteiger partial charge is 0.319 e. The summed E-state index contributed by atoms with van der Waals surface area (Å²) in [6.45, 7) is 3.86. The van der Waals surface area contributed by atoms with Gasteiger partial charge in [-0.3, -0.25) is 9.59 Å². The molecule has 1 aromatic carbocycles. The van der Waals surface area contributed by atoms with Crippen molar-refractivity contribution in [1.82, 2.24) is 19.7 Å². The fourth-order valence-corrected chi connectivity index (χ4v) is 3.39. The number of nitrogens with zero attached hydrogens (tertiary/aromatic N) is 3. The Labute approximate surface area is 148 Å². The Bertz CT molecular complexity index is 979. The maximum Gasteiger partial charge on any atom is 0.319 e. The van der Waals surface area contributed by atoms with E-state index in [9.17, 15) is 9.59 Å². The minimum absolute atomic E-state index is 0.286. The number of thioether (sulfide) groups is 1. The zero-order valence-electron chi connectivity index (χ0n) is 14.1. The van der Waals surface area contributed by atoms with E-state index in [-0.39, 0.29) is 11.5 Å². The number of fused-ring (bicyclic) bond motifs is 1. The molecule has 1 N–H and O–H groups in total. The van der Waals surface area contributed by atoms with E-state index in [4.69, 9.17) is 4.74 Å². The molecule has 0 aliphatic heterocycles. The molecule has 3 aromatic rings. The van der Waals surface area contributed by atoms with Gasteiger partial charge in [-0.05, 0) is 31.0 Å². The van der Waals surface area contributed by atoms with E-state index in [0.717, 1.165) is 11.3 Å². The second-order valence-electron chi connectivity index (χ2n) is 5.54. The van der Waals surface area contributed by atoms with Gasteiger partial charge in [-0.2, -0.15) is 5.10 Å². The minimum Gasteiger partial charge on any atom is -0.468 e. The Morgan fingerprint density at radius 1 is 1.44 bits per heavy atom. The first-order valence-electron chi connectivity index (χ1n) is 7.83. The van der Waals surface area contributed by atoms with Gasteiger partial charge in [0.2, 0.25) is 0 Å². The normalized spacial score (nSPS) is 12.3. The van der Waals surface area contributed by atoms with Crippen molar-refractivity contribution < 1.29 is 9.53 Å². The Morgan fingerprint density at radius 3 is 2.92 bits per heavy atom. The van der Waals surface area contributed by atoms with Crippen LogP contribution in [0.25, 0.3) is 16.7 Å². The number of ether oxygens (including phenoxy) is 1. The number of hydrogen-bond acceptors (Lipinski definition) is 6. The van der Waals surface area contributed by atoms with E-state index in [0.29, 0.717) is 22.6 Å². The summed E-state index contributed by atoms with van der Waals surface area (Å²) in [5.74, 6) is -0.345. The lowest BCUT2D eigenvalue weighted by Gasteiger charge is -2.11. The van der Waals surface area contributed by atoms with Crippen molar-refractivity contribution in [2.75, 3.05) is 7.11 Å². The van der Waals surface area contributed by atoms with E-state index >= 15 is 0 Å². The molecule has 0 fully saturated rings. The molecule has 25 heavy (non-hydrogen) atoms. The van der Waals surface area contributed by atoms with Crippen molar-refractivity contribution in [2.45, 2.75) is 30.7 Å². The van der Waals surface area contributed by atoms with Crippen LogP contribution in [0.2, 0.25) is 0 Å². The Kier molecular flexibility index (Phi) is 4.89. The van der Waals surface area contributed by atoms with Crippen LogP contribution in [0.1, 0.15) is 18.9 Å². The molecule has 0 spiro atoms. The van der Waals surface area contributed by atoms with Crippen LogP contribution in [-0.2, 0) is 9.53 Å². The van der Waals surface area contributed by atoms with Crippen molar-refractivity contribution in [1.29, 1.82) is 0 Å². The van der Waals surface area contributed by atoms with Crippen molar-refractivity contribution in [2.24, 2.45) is 0 Å². The van der Waals surface area contributed by atoms with Gasteiger partial charge in [0, 0.05) is 0 Å². The van der Waals surface area contributed by atoms with E-state index in [1.807, 2.05) is 38.1 Å². The lowest BCUT2D eigenvalue weighted by Crippen LogP contribution is -2.19. The third-order valence-corrected chi connectivity index (χ3v) is 4.98. The van der Waals surface area contributed by atoms with Gasteiger partial charge in [0.15, 0.2) is 10.8 Å². The van der Waals surface area contributed by atoms with E-state index in [1.54, 1.807) is 4.68 Å². The summed E-state index contributed by atoms with van der Waals surface area (Å²) in [4.78, 5) is 31.3. The molecule has 8 heteroatoms. The first kappa shape index (κ1) is 17.2. The van der Waals surface area contributed by atoms with Crippen LogP contribution in [0.5, 0.6) is 0 Å². The van der Waals surface area contributed by atoms with Crippen LogP contribution in [-0.4, -0.2) is 38.1 Å². The van der Waals surface area contributed by atoms with Crippen molar-refractivity contribution in [3.63, 3.8) is 0 Å². The first-order chi connectivity index (χ1) is 12.0. The number of carbonyl (C=O) groups excluding carboxylic acids is 1. The second-order valence-corrected chi connectivity index (χ2v) is 6.73. The second kappa shape index (κ2) is 7.10. The number of rotatable bonds is 5. The lowest BCUT2D eigenvalue weighted by molar-refractivity contribution is -0.140. The zero-order valence-corrected chi connectivity index (χ0v) is 15.0. The summed E-state index contributed by atoms with van der Waals surface area (Å²) in [5.41, 5.74) is 2.07. The molecule has 1 atom stereocenters. The van der Waals surface area contributed by atoms with Gasteiger partial charge in [-0.1, -0.05) is 30.8 Å². The van der Waals surface area contributed by atoms with Gasteiger partial charge >= 0.3 is 5.97 Å². The third-order valence-electron chi connectivity index (χ3n) is 3.75. The molecule has 130 valence electrons. The van der Waals surface area contributed by atoms with Crippen LogP contribution in [0.4, 0.5) is 0 Å². The third kappa shape index (κ3) is 3.43. The van der Waals surface area contributed by atoms with Crippen LogP contribution in [0.3, 0.4) is 0 Å². The van der Waals surface area contributed by atoms with E-state index in [1.165, 1.54) is 25.1 Å². The summed E-state index contributed by atoms with van der Waals surface area (Å²) >= 11 is 1.18. The summed E-state index contributed by atoms with van der Waals surface area (Å²) in [6.07, 6.45) is 2.06. The predicted molar refractivity (Wildman–Crippen MR) is 96.2 cm³/mol. The average molecular weight is 358 g/mol. The molecule has 2 heterocycles. The molecule has 0 aliphatic rings. The molecule has 0 saturated carbocycles. The highest BCUT2D eigenvalue weighted by Gasteiger charge is 2.21. The number of aryl methyl sites for hydroxylation is 1. The molecule has 0 saturated heterocycles. The van der Waals surface area contributed by atoms with Crippen LogP contribution in [0.15, 0.2) is 40.4 Å². The summed E-state index contributed by atoms with van der Waals surface area (Å²) in [7, 11) is 1.34. The van der Waals surface area contributed by atoms with Gasteiger partial charge < -0.3 is 9.72 Å². The highest BCUT2D eigenvalue weighted by Crippen LogP contribution is 2.24. The van der Waals surface area contributed by atoms with Crippen LogP contribution in [0, 0.1) is 6.92 Å². The number of nitrogens with one attached hydrogen (secondary N) is 1. The number of hydrogen-bond donors (Lipinski definition) is 1. The monoisotopic (exact) mass is 358 g/mol. The number of benzene rings is 1. The largest absolute Gasteiger partial charge is 0.468 e. The molecule has 1 unspecified atom stereocenters. The van der Waals surface area contributed by atoms with Crippen molar-refractivity contribution >= 4 is 28.8 Å². The molecule has 0 bridgehead atoms. The highest BCUT2D eigenvalue weighted by molar-refractivity contribution is 8.00. The molecule has 3 rings (SSSR count). The summed E-state index contributed by atoms with van der Waals surface area (Å²) < 4.78 is 6.41. The van der Waals surface area contributed by atoms with Crippen LogP contribution >= 0.6 is 11.8 Å². The van der Waals surface area contributed by atoms with E-state index in [2.05, 4.69) is 15.1 Å². The standard InChI is InChI=1S/C17H18N4O3S/c1-4-13(16(23)24-3)25-17-19-14-12(15(22)20-17)9-18-21(14)11-7-5-6-10(2)8-11/h5-9,13H,4H2,1-3H3,(H,19,20,22). The number of carbonyl (C=O) groups is 1. The lowest BCUT2D eigenvalue weighted by atomic mass is 10.2. The number of esters is 1. The van der Waals surface area contributed by atoms with Gasteiger partial charge in [0.1, 0.15) is 10.6 Å². The van der Waals surface area contributed by atoms with Crippen molar-refractivity contribution in [3.05, 3.63) is 46.4 Å². The van der Waals surface area contributed by atoms with Gasteiger partial charge in [-0.25, -0.2) is 9.67 Å². The summed E-state index contributed by atoms with van der Waals surface area (Å²) in [6, 6.07) is 7.77. The topological polar surface area (TPSA) is 89.9 Å². The Morgan fingerprint density at radius 2 is 2.24 bits per heavy atom. The molecular formula is C17H18N4O3S. The predicted octanol–water partition coefficient (Wildman–Crippen LogP) is 2.46. The zero-order chi connectivity index (χ0) is 18.0. The van der Waals surface area contributed by atoms with Crippen molar-refractivity contribution in [3.8, 4) is 5.69 Å². The van der Waals surface area contributed by atoms with Gasteiger partial charge in [0.25, 0.3) is 5.56 Å². The quantitative estimate of drug-likeness (QED) is 0.428. The number of H-pyrrole nitrogens is 1. The van der Waals surface area contributed by atoms with Gasteiger partial charge in [0.05, 0.1) is 19.0 Å². The maximum absolute atomic E-state index is 12.3. The van der Waals surface area contributed by atoms with Gasteiger partial charge in [-0.15, -0.1) is 0 Å². The number of aromatic amines is 1. The molecular weight excluding hydrogens is 340 g/mol. The first-order valence-corrected chi connectivity index (χ1v) is 8.71. The van der Waals surface area contributed by atoms with Crippen LogP contribution < -0.4 is 5.56 Å². The minimum atomic E-state index is -0.430. The fraction of sp³-hybridized carbons (Fsp3) is 0.294. The maximum atomic E-state index is 12.3. The molecule has 7 nitrogen and oxygen atoms in total. The number of methoxy groups -OCH3 is 1. The molecule has 0 radical (unpaired) electrons. The molecule has 0 amide bonds. The fourth-order valence-electron chi connectivity index (χ4n) is 2.47. The Balaban J connectivity index is 2.07. The summed E-state index contributed by atoms with van der Waals surface area (Å²) in [5, 5.41) is 4.63. The van der Waals surface area contributed by atoms with E-state index < -0.39 is 5.25 Å². The highest BCUT2D eigenvalue weighted by atomic mass is 32.2. The number of aromatic nitrogens is 4. The molecule has 2 aromatic heterocycles. The Hall–Kier alpha value is -2.61. The molecule has 0 aliphatic carbocycles.